The molecule has 88 valence electrons. The summed E-state index contributed by atoms with van der Waals surface area (Å²) >= 11 is 0. The summed E-state index contributed by atoms with van der Waals surface area (Å²) in [7, 11) is 0. The number of aliphatic hydroxyl groups is 1. The molecule has 1 fully saturated rings. The van der Waals surface area contributed by atoms with Gasteiger partial charge in [0.15, 0.2) is 0 Å². The van der Waals surface area contributed by atoms with Crippen LogP contribution in [0.3, 0.4) is 0 Å². The molecule has 0 radical (unpaired) electrons. The Kier molecular flexibility index (Phi) is 3.34. The van der Waals surface area contributed by atoms with Gasteiger partial charge in [-0.15, -0.1) is 0 Å². The van der Waals surface area contributed by atoms with E-state index in [2.05, 4.69) is 18.3 Å². The minimum absolute atomic E-state index is 0.267. The maximum Gasteiger partial charge on any atom is 0.0578 e. The fourth-order valence-corrected chi connectivity index (χ4v) is 2.44. The van der Waals surface area contributed by atoms with Crippen LogP contribution in [0, 0.1) is 12.8 Å². The number of nitrogens with one attached hydrogen (secondary N) is 1. The smallest absolute Gasteiger partial charge is 0.0578 e. The SMILES string of the molecule is Cc1ccc(N)c(NC2CCCC2CO)c1. The molecule has 0 aliphatic heterocycles. The summed E-state index contributed by atoms with van der Waals surface area (Å²) in [5.41, 5.74) is 8.92. The van der Waals surface area contributed by atoms with Gasteiger partial charge in [-0.2, -0.15) is 0 Å². The van der Waals surface area contributed by atoms with E-state index < -0.39 is 0 Å². The molecule has 3 heteroatoms. The van der Waals surface area contributed by atoms with Gasteiger partial charge in [0.1, 0.15) is 0 Å². The lowest BCUT2D eigenvalue weighted by molar-refractivity contribution is 0.222. The van der Waals surface area contributed by atoms with Crippen molar-refractivity contribution in [2.45, 2.75) is 32.2 Å². The molecular weight excluding hydrogens is 200 g/mol. The molecule has 2 rings (SSSR count). The van der Waals surface area contributed by atoms with E-state index in [1.54, 1.807) is 0 Å². The predicted octanol–water partition coefficient (Wildman–Crippen LogP) is 2.15. The Morgan fingerprint density at radius 2 is 2.25 bits per heavy atom. The van der Waals surface area contributed by atoms with E-state index >= 15 is 0 Å². The zero-order chi connectivity index (χ0) is 11.5. The van der Waals surface area contributed by atoms with Gasteiger partial charge >= 0.3 is 0 Å². The minimum Gasteiger partial charge on any atom is -0.397 e. The number of nitrogens with two attached hydrogens (primary N) is 1. The summed E-state index contributed by atoms with van der Waals surface area (Å²) in [6.07, 6.45) is 3.42. The van der Waals surface area contributed by atoms with Crippen molar-refractivity contribution in [2.75, 3.05) is 17.7 Å². The molecule has 0 spiro atoms. The molecule has 16 heavy (non-hydrogen) atoms. The van der Waals surface area contributed by atoms with Crippen molar-refractivity contribution in [1.82, 2.24) is 0 Å². The molecule has 1 aromatic carbocycles. The van der Waals surface area contributed by atoms with E-state index in [0.29, 0.717) is 12.0 Å². The molecule has 0 amide bonds. The zero-order valence-electron chi connectivity index (χ0n) is 9.74. The standard InChI is InChI=1S/C13H20N2O/c1-9-5-6-11(14)13(7-9)15-12-4-2-3-10(12)8-16/h5-7,10,12,15-16H,2-4,8,14H2,1H3. The van der Waals surface area contributed by atoms with Gasteiger partial charge in [-0.1, -0.05) is 12.5 Å². The highest BCUT2D eigenvalue weighted by Crippen LogP contribution is 2.30. The van der Waals surface area contributed by atoms with E-state index in [0.717, 1.165) is 24.2 Å². The number of nitrogen functional groups attached to an aromatic ring is 1. The van der Waals surface area contributed by atoms with Gasteiger partial charge in [-0.25, -0.2) is 0 Å². The largest absolute Gasteiger partial charge is 0.397 e. The quantitative estimate of drug-likeness (QED) is 0.684. The Bertz CT molecular complexity index is 365. The molecule has 1 aliphatic rings. The Morgan fingerprint density at radius 1 is 1.44 bits per heavy atom. The van der Waals surface area contributed by atoms with Gasteiger partial charge in [0.2, 0.25) is 0 Å². The molecule has 2 unspecified atom stereocenters. The average molecular weight is 220 g/mol. The fraction of sp³-hybridized carbons (Fsp3) is 0.538. The predicted molar refractivity (Wildman–Crippen MR) is 67.4 cm³/mol. The molecule has 0 bridgehead atoms. The summed E-state index contributed by atoms with van der Waals surface area (Å²) in [5.74, 6) is 0.375. The topological polar surface area (TPSA) is 58.3 Å². The lowest BCUT2D eigenvalue weighted by Gasteiger charge is -2.21. The molecule has 1 aromatic rings. The highest BCUT2D eigenvalue weighted by Gasteiger charge is 2.26. The van der Waals surface area contributed by atoms with Crippen LogP contribution in [-0.4, -0.2) is 17.8 Å². The highest BCUT2D eigenvalue weighted by atomic mass is 16.3. The number of anilines is 2. The van der Waals surface area contributed by atoms with Crippen molar-refractivity contribution in [3.05, 3.63) is 23.8 Å². The molecule has 0 aromatic heterocycles. The first-order valence-electron chi connectivity index (χ1n) is 5.94. The first kappa shape index (κ1) is 11.3. The fourth-order valence-electron chi connectivity index (χ4n) is 2.44. The number of aliphatic hydroxyl groups excluding tert-OH is 1. The van der Waals surface area contributed by atoms with Crippen LogP contribution in [-0.2, 0) is 0 Å². The van der Waals surface area contributed by atoms with E-state index in [1.807, 2.05) is 12.1 Å². The molecule has 1 aliphatic carbocycles. The van der Waals surface area contributed by atoms with Crippen molar-refractivity contribution in [3.63, 3.8) is 0 Å². The molecule has 1 saturated carbocycles. The van der Waals surface area contributed by atoms with Gasteiger partial charge in [-0.3, -0.25) is 0 Å². The second-order valence-electron chi connectivity index (χ2n) is 4.72. The molecule has 0 heterocycles. The normalized spacial score (nSPS) is 24.6. The van der Waals surface area contributed by atoms with Crippen LogP contribution in [0.2, 0.25) is 0 Å². The van der Waals surface area contributed by atoms with Crippen LogP contribution in [0.25, 0.3) is 0 Å². The Labute approximate surface area is 96.7 Å². The third kappa shape index (κ3) is 2.30. The van der Waals surface area contributed by atoms with Crippen molar-refractivity contribution < 1.29 is 5.11 Å². The van der Waals surface area contributed by atoms with Gasteiger partial charge in [0.25, 0.3) is 0 Å². The van der Waals surface area contributed by atoms with Crippen molar-refractivity contribution in [2.24, 2.45) is 5.92 Å². The highest BCUT2D eigenvalue weighted by molar-refractivity contribution is 5.67. The van der Waals surface area contributed by atoms with Crippen molar-refractivity contribution in [3.8, 4) is 0 Å². The molecule has 3 nitrogen and oxygen atoms in total. The Balaban J connectivity index is 2.11. The summed E-state index contributed by atoms with van der Waals surface area (Å²) in [6.45, 7) is 2.33. The number of benzene rings is 1. The number of hydrogen-bond donors (Lipinski definition) is 3. The summed E-state index contributed by atoms with van der Waals surface area (Å²) in [4.78, 5) is 0. The van der Waals surface area contributed by atoms with Crippen LogP contribution >= 0.6 is 0 Å². The van der Waals surface area contributed by atoms with E-state index in [1.165, 1.54) is 12.0 Å². The first-order valence-corrected chi connectivity index (χ1v) is 5.94. The third-order valence-corrected chi connectivity index (χ3v) is 3.44. The summed E-state index contributed by atoms with van der Waals surface area (Å²) in [6, 6.07) is 6.38. The molecular formula is C13H20N2O. The van der Waals surface area contributed by atoms with Crippen LogP contribution in [0.1, 0.15) is 24.8 Å². The van der Waals surface area contributed by atoms with Gasteiger partial charge in [0, 0.05) is 18.6 Å². The monoisotopic (exact) mass is 220 g/mol. The number of rotatable bonds is 3. The second kappa shape index (κ2) is 4.74. The maximum absolute atomic E-state index is 9.27. The van der Waals surface area contributed by atoms with E-state index in [9.17, 15) is 5.11 Å². The van der Waals surface area contributed by atoms with Gasteiger partial charge in [0.05, 0.1) is 11.4 Å². The van der Waals surface area contributed by atoms with Crippen LogP contribution in [0.5, 0.6) is 0 Å². The van der Waals surface area contributed by atoms with Crippen LogP contribution in [0.15, 0.2) is 18.2 Å². The molecule has 4 N–H and O–H groups in total. The summed E-state index contributed by atoms with van der Waals surface area (Å²) < 4.78 is 0. The molecule has 0 saturated heterocycles. The van der Waals surface area contributed by atoms with Crippen molar-refractivity contribution >= 4 is 11.4 Å². The first-order chi connectivity index (χ1) is 7.70. The third-order valence-electron chi connectivity index (χ3n) is 3.44. The lowest BCUT2D eigenvalue weighted by atomic mass is 10.0. The summed E-state index contributed by atoms with van der Waals surface area (Å²) in [5, 5.41) is 12.7. The maximum atomic E-state index is 9.27. The van der Waals surface area contributed by atoms with E-state index in [4.69, 9.17) is 5.73 Å². The van der Waals surface area contributed by atoms with Crippen molar-refractivity contribution in [1.29, 1.82) is 0 Å². The van der Waals surface area contributed by atoms with E-state index in [-0.39, 0.29) is 6.61 Å². The second-order valence-corrected chi connectivity index (χ2v) is 4.72. The Hall–Kier alpha value is -1.22. The lowest BCUT2D eigenvalue weighted by Crippen LogP contribution is -2.26. The van der Waals surface area contributed by atoms with Gasteiger partial charge in [-0.05, 0) is 37.5 Å². The minimum atomic E-state index is 0.267. The van der Waals surface area contributed by atoms with Crippen LogP contribution in [0.4, 0.5) is 11.4 Å². The average Bonchev–Trinajstić information content (AvgIpc) is 2.71. The number of aryl methyl sites for hydroxylation is 1. The molecule has 2 atom stereocenters. The van der Waals surface area contributed by atoms with Crippen LogP contribution < -0.4 is 11.1 Å². The Morgan fingerprint density at radius 3 is 3.00 bits per heavy atom. The van der Waals surface area contributed by atoms with Gasteiger partial charge < -0.3 is 16.2 Å². The zero-order valence-corrected chi connectivity index (χ0v) is 9.74. The number of hydrogen-bond acceptors (Lipinski definition) is 3.